The van der Waals surface area contributed by atoms with Gasteiger partial charge in [0.25, 0.3) is 10.0 Å². The highest BCUT2D eigenvalue weighted by Gasteiger charge is 2.23. The SMILES string of the molecule is O=c1ccc2cc(S(=O)(=O)Nc3cc(-c4nnc5n4CCCCC5)c(F)cc3F)ccc2o1. The zero-order valence-electron chi connectivity index (χ0n) is 17.2. The number of hydrogen-bond acceptors (Lipinski definition) is 6. The van der Waals surface area contributed by atoms with Crippen molar-refractivity contribution in [1.82, 2.24) is 14.8 Å². The molecular formula is C22H18F2N4O4S. The van der Waals surface area contributed by atoms with Gasteiger partial charge in [-0.15, -0.1) is 10.2 Å². The maximum Gasteiger partial charge on any atom is 0.336 e. The zero-order valence-corrected chi connectivity index (χ0v) is 18.0. The number of benzene rings is 2. The summed E-state index contributed by atoms with van der Waals surface area (Å²) in [6.07, 6.45) is 3.54. The van der Waals surface area contributed by atoms with E-state index in [1.54, 1.807) is 4.57 Å². The fourth-order valence-electron chi connectivity index (χ4n) is 3.90. The highest BCUT2D eigenvalue weighted by Crippen LogP contribution is 2.31. The highest BCUT2D eigenvalue weighted by atomic mass is 32.2. The van der Waals surface area contributed by atoms with Crippen LogP contribution in [-0.2, 0) is 23.0 Å². The first kappa shape index (κ1) is 21.3. The molecule has 0 unspecified atom stereocenters. The van der Waals surface area contributed by atoms with Crippen molar-refractivity contribution in [3.8, 4) is 11.4 Å². The molecular weight excluding hydrogens is 454 g/mol. The molecule has 0 spiro atoms. The summed E-state index contributed by atoms with van der Waals surface area (Å²) in [5, 5.41) is 8.58. The fraction of sp³-hybridized carbons (Fsp3) is 0.227. The number of hydrogen-bond donors (Lipinski definition) is 1. The van der Waals surface area contributed by atoms with E-state index in [1.165, 1.54) is 30.3 Å². The summed E-state index contributed by atoms with van der Waals surface area (Å²) in [4.78, 5) is 11.2. The summed E-state index contributed by atoms with van der Waals surface area (Å²) in [6, 6.07) is 8.16. The molecule has 1 aliphatic rings. The van der Waals surface area contributed by atoms with Crippen LogP contribution >= 0.6 is 0 Å². The molecule has 0 aliphatic carbocycles. The van der Waals surface area contributed by atoms with E-state index < -0.39 is 33.0 Å². The summed E-state index contributed by atoms with van der Waals surface area (Å²) in [5.41, 5.74) is -0.820. The molecule has 33 heavy (non-hydrogen) atoms. The van der Waals surface area contributed by atoms with Crippen LogP contribution in [0.1, 0.15) is 25.1 Å². The first-order chi connectivity index (χ1) is 15.8. The number of nitrogens with zero attached hydrogens (tertiary/aromatic N) is 3. The van der Waals surface area contributed by atoms with Gasteiger partial charge in [0.1, 0.15) is 23.0 Å². The Bertz CT molecular complexity index is 1550. The number of fused-ring (bicyclic) bond motifs is 2. The van der Waals surface area contributed by atoms with Gasteiger partial charge in [-0.3, -0.25) is 4.72 Å². The molecule has 0 atom stereocenters. The van der Waals surface area contributed by atoms with Gasteiger partial charge in [0.2, 0.25) is 0 Å². The average molecular weight is 472 g/mol. The minimum Gasteiger partial charge on any atom is -0.423 e. The molecule has 170 valence electrons. The molecule has 0 bridgehead atoms. The van der Waals surface area contributed by atoms with Gasteiger partial charge >= 0.3 is 5.63 Å². The molecule has 0 saturated heterocycles. The van der Waals surface area contributed by atoms with Crippen LogP contribution in [0.15, 0.2) is 56.6 Å². The van der Waals surface area contributed by atoms with Crippen molar-refractivity contribution in [2.24, 2.45) is 0 Å². The van der Waals surface area contributed by atoms with E-state index in [-0.39, 0.29) is 21.9 Å². The Labute approximate surface area is 186 Å². The first-order valence-electron chi connectivity index (χ1n) is 10.3. The molecule has 5 rings (SSSR count). The second-order valence-electron chi connectivity index (χ2n) is 7.77. The van der Waals surface area contributed by atoms with Crippen molar-refractivity contribution < 1.29 is 21.6 Å². The molecule has 0 amide bonds. The van der Waals surface area contributed by atoms with Gasteiger partial charge < -0.3 is 8.98 Å². The van der Waals surface area contributed by atoms with Gasteiger partial charge in [0.15, 0.2) is 5.82 Å². The number of sulfonamides is 1. The third-order valence-electron chi connectivity index (χ3n) is 5.55. The topological polar surface area (TPSA) is 107 Å². The number of rotatable bonds is 4. The standard InChI is InChI=1S/C22H18F2N4O4S/c23-16-12-17(24)18(11-15(16)22-26-25-20-4-2-1-3-9-28(20)22)27-33(30,31)14-6-7-19-13(10-14)5-8-21(29)32-19/h5-8,10-12,27H,1-4,9H2. The summed E-state index contributed by atoms with van der Waals surface area (Å²) >= 11 is 0. The largest absolute Gasteiger partial charge is 0.423 e. The summed E-state index contributed by atoms with van der Waals surface area (Å²) in [5.74, 6) is -0.986. The third kappa shape index (κ3) is 3.99. The lowest BCUT2D eigenvalue weighted by molar-refractivity contribution is 0.560. The molecule has 2 aromatic carbocycles. The minimum atomic E-state index is -4.23. The lowest BCUT2D eigenvalue weighted by atomic mass is 10.1. The monoisotopic (exact) mass is 472 g/mol. The Kier molecular flexibility index (Phi) is 5.20. The first-order valence-corrected chi connectivity index (χ1v) is 11.8. The summed E-state index contributed by atoms with van der Waals surface area (Å²) in [7, 11) is -4.23. The Hall–Kier alpha value is -3.60. The molecule has 0 fully saturated rings. The van der Waals surface area contributed by atoms with Crippen LogP contribution in [0.5, 0.6) is 0 Å². The second-order valence-corrected chi connectivity index (χ2v) is 9.46. The number of halogens is 2. The Morgan fingerprint density at radius 3 is 2.67 bits per heavy atom. The molecule has 11 heteroatoms. The molecule has 0 radical (unpaired) electrons. The summed E-state index contributed by atoms with van der Waals surface area (Å²) in [6.45, 7) is 0.600. The van der Waals surface area contributed by atoms with Gasteiger partial charge in [-0.1, -0.05) is 6.42 Å². The van der Waals surface area contributed by atoms with Crippen LogP contribution in [0.4, 0.5) is 14.5 Å². The van der Waals surface area contributed by atoms with Crippen LogP contribution in [0.2, 0.25) is 0 Å². The maximum absolute atomic E-state index is 14.7. The van der Waals surface area contributed by atoms with Crippen LogP contribution in [0.3, 0.4) is 0 Å². The molecule has 4 aromatic rings. The van der Waals surface area contributed by atoms with Gasteiger partial charge in [0.05, 0.1) is 16.1 Å². The van der Waals surface area contributed by atoms with Crippen LogP contribution in [0, 0.1) is 11.6 Å². The number of aromatic nitrogens is 3. The fourth-order valence-corrected chi connectivity index (χ4v) is 5.00. The molecule has 3 heterocycles. The maximum atomic E-state index is 14.7. The number of aryl methyl sites for hydroxylation is 1. The van der Waals surface area contributed by atoms with Gasteiger partial charge in [-0.2, -0.15) is 0 Å². The predicted octanol–water partition coefficient (Wildman–Crippen LogP) is 3.86. The molecule has 0 saturated carbocycles. The minimum absolute atomic E-state index is 0.0463. The van der Waals surface area contributed by atoms with Crippen molar-refractivity contribution in [3.05, 3.63) is 70.3 Å². The van der Waals surface area contributed by atoms with Crippen molar-refractivity contribution in [3.63, 3.8) is 0 Å². The normalized spacial score (nSPS) is 14.1. The van der Waals surface area contributed by atoms with Crippen molar-refractivity contribution in [2.45, 2.75) is 37.1 Å². The highest BCUT2D eigenvalue weighted by molar-refractivity contribution is 7.92. The Balaban J connectivity index is 1.53. The molecule has 2 aromatic heterocycles. The third-order valence-corrected chi connectivity index (χ3v) is 6.92. The molecule has 1 N–H and O–H groups in total. The Morgan fingerprint density at radius 1 is 0.970 bits per heavy atom. The van der Waals surface area contributed by atoms with Crippen LogP contribution < -0.4 is 10.3 Å². The smallest absolute Gasteiger partial charge is 0.336 e. The average Bonchev–Trinajstić information content (AvgIpc) is 3.02. The zero-order chi connectivity index (χ0) is 23.2. The second kappa shape index (κ2) is 8.07. The summed E-state index contributed by atoms with van der Waals surface area (Å²) < 4.78 is 64.1. The van der Waals surface area contributed by atoms with E-state index in [0.29, 0.717) is 24.4 Å². The van der Waals surface area contributed by atoms with Crippen molar-refractivity contribution in [1.29, 1.82) is 0 Å². The lowest BCUT2D eigenvalue weighted by Crippen LogP contribution is -2.14. The van der Waals surface area contributed by atoms with Gasteiger partial charge in [-0.05, 0) is 43.2 Å². The van der Waals surface area contributed by atoms with Crippen LogP contribution in [-0.4, -0.2) is 23.2 Å². The van der Waals surface area contributed by atoms with Crippen LogP contribution in [0.25, 0.3) is 22.4 Å². The Morgan fingerprint density at radius 2 is 1.82 bits per heavy atom. The molecule has 8 nitrogen and oxygen atoms in total. The van der Waals surface area contributed by atoms with E-state index in [4.69, 9.17) is 4.42 Å². The van der Waals surface area contributed by atoms with Gasteiger partial charge in [0, 0.05) is 30.5 Å². The van der Waals surface area contributed by atoms with E-state index in [9.17, 15) is 22.0 Å². The molecule has 1 aliphatic heterocycles. The van der Waals surface area contributed by atoms with E-state index >= 15 is 0 Å². The van der Waals surface area contributed by atoms with E-state index in [2.05, 4.69) is 14.9 Å². The van der Waals surface area contributed by atoms with E-state index in [0.717, 1.165) is 31.2 Å². The number of anilines is 1. The van der Waals surface area contributed by atoms with Crippen molar-refractivity contribution in [2.75, 3.05) is 4.72 Å². The lowest BCUT2D eigenvalue weighted by Gasteiger charge is -2.13. The predicted molar refractivity (Wildman–Crippen MR) is 116 cm³/mol. The number of nitrogens with one attached hydrogen (secondary N) is 1. The quantitative estimate of drug-likeness (QED) is 0.452. The van der Waals surface area contributed by atoms with E-state index in [1.807, 2.05) is 0 Å². The van der Waals surface area contributed by atoms with Crippen molar-refractivity contribution >= 4 is 26.7 Å². The van der Waals surface area contributed by atoms with Gasteiger partial charge in [-0.25, -0.2) is 22.0 Å².